The van der Waals surface area contributed by atoms with Crippen LogP contribution in [0.3, 0.4) is 0 Å². The Kier molecular flexibility index (Phi) is 4.16. The normalized spacial score (nSPS) is 11.8. The maximum absolute atomic E-state index is 6.32. The second-order valence-electron chi connectivity index (χ2n) is 5.81. The van der Waals surface area contributed by atoms with Crippen LogP contribution < -0.4 is 5.73 Å². The number of nitrogen functional groups attached to an aromatic ring is 1. The van der Waals surface area contributed by atoms with Crippen LogP contribution in [0.25, 0.3) is 11.3 Å². The van der Waals surface area contributed by atoms with Gasteiger partial charge in [0.25, 0.3) is 0 Å². The van der Waals surface area contributed by atoms with Gasteiger partial charge in [-0.3, -0.25) is 4.68 Å². The fourth-order valence-electron chi connectivity index (χ4n) is 2.46. The minimum absolute atomic E-state index is 0.305. The van der Waals surface area contributed by atoms with Gasteiger partial charge in [0.1, 0.15) is 17.3 Å². The van der Waals surface area contributed by atoms with Crippen molar-refractivity contribution in [1.82, 2.24) is 19.3 Å². The van der Waals surface area contributed by atoms with E-state index in [1.807, 2.05) is 17.1 Å². The number of aryl methyl sites for hydroxylation is 1. The fourth-order valence-corrected chi connectivity index (χ4v) is 2.46. The van der Waals surface area contributed by atoms with Crippen molar-refractivity contribution in [3.8, 4) is 11.3 Å². The van der Waals surface area contributed by atoms with Gasteiger partial charge in [0.2, 0.25) is 0 Å². The molecule has 0 saturated carbocycles. The number of nitrogens with two attached hydrogens (primary N) is 1. The lowest BCUT2D eigenvalue weighted by Gasteiger charge is -2.15. The molecule has 0 spiro atoms. The number of nitrogens with zero attached hydrogens (tertiary/aromatic N) is 4. The monoisotopic (exact) mass is 275 g/mol. The Morgan fingerprint density at radius 1 is 1.25 bits per heavy atom. The van der Waals surface area contributed by atoms with Gasteiger partial charge in [-0.25, -0.2) is 4.98 Å². The lowest BCUT2D eigenvalue weighted by atomic mass is 10.2. The highest BCUT2D eigenvalue weighted by Crippen LogP contribution is 2.31. The number of hydrogen-bond acceptors (Lipinski definition) is 3. The van der Waals surface area contributed by atoms with Crippen molar-refractivity contribution in [2.24, 2.45) is 0 Å². The summed E-state index contributed by atoms with van der Waals surface area (Å²) in [7, 11) is 0. The molecule has 5 nitrogen and oxygen atoms in total. The molecule has 2 heterocycles. The van der Waals surface area contributed by atoms with E-state index in [-0.39, 0.29) is 0 Å². The standard InChI is InChI=1S/C15H25N5/c1-6-7-19-9-12(8-17-19)13-14(16)20(11(4)5)15(18-13)10(2)3/h8-11H,6-7,16H2,1-5H3. The molecule has 0 fully saturated rings. The molecule has 5 heteroatoms. The lowest BCUT2D eigenvalue weighted by Crippen LogP contribution is -2.10. The van der Waals surface area contributed by atoms with E-state index >= 15 is 0 Å². The summed E-state index contributed by atoms with van der Waals surface area (Å²) < 4.78 is 4.06. The Labute approximate surface area is 120 Å². The summed E-state index contributed by atoms with van der Waals surface area (Å²) in [5, 5.41) is 4.36. The summed E-state index contributed by atoms with van der Waals surface area (Å²) in [5.41, 5.74) is 8.17. The highest BCUT2D eigenvalue weighted by molar-refractivity contribution is 5.70. The zero-order valence-electron chi connectivity index (χ0n) is 13.1. The first-order valence-corrected chi connectivity index (χ1v) is 7.36. The molecule has 20 heavy (non-hydrogen) atoms. The summed E-state index contributed by atoms with van der Waals surface area (Å²) in [6, 6.07) is 0.305. The molecule has 2 aromatic heterocycles. The third-order valence-electron chi connectivity index (χ3n) is 3.37. The highest BCUT2D eigenvalue weighted by atomic mass is 15.3. The van der Waals surface area contributed by atoms with Gasteiger partial charge < -0.3 is 10.3 Å². The zero-order valence-corrected chi connectivity index (χ0v) is 13.1. The SMILES string of the molecule is CCCn1cc(-c2nc(C(C)C)n(C(C)C)c2N)cn1. The van der Waals surface area contributed by atoms with E-state index in [0.717, 1.165) is 35.9 Å². The predicted molar refractivity (Wildman–Crippen MR) is 82.6 cm³/mol. The zero-order chi connectivity index (χ0) is 14.9. The molecule has 2 aromatic rings. The van der Waals surface area contributed by atoms with Crippen LogP contribution in [-0.4, -0.2) is 19.3 Å². The maximum Gasteiger partial charge on any atom is 0.132 e. The van der Waals surface area contributed by atoms with Gasteiger partial charge in [-0.05, 0) is 20.3 Å². The molecule has 2 N–H and O–H groups in total. The first-order chi connectivity index (χ1) is 9.45. The van der Waals surface area contributed by atoms with Gasteiger partial charge in [0, 0.05) is 30.3 Å². The van der Waals surface area contributed by atoms with Crippen LogP contribution in [-0.2, 0) is 6.54 Å². The van der Waals surface area contributed by atoms with Crippen molar-refractivity contribution in [2.45, 2.75) is 59.5 Å². The molecule has 0 amide bonds. The van der Waals surface area contributed by atoms with Gasteiger partial charge >= 0.3 is 0 Å². The van der Waals surface area contributed by atoms with Gasteiger partial charge in [-0.15, -0.1) is 0 Å². The molecular formula is C15H25N5. The number of anilines is 1. The first kappa shape index (κ1) is 14.6. The lowest BCUT2D eigenvalue weighted by molar-refractivity contribution is 0.556. The van der Waals surface area contributed by atoms with Crippen molar-refractivity contribution in [1.29, 1.82) is 0 Å². The second-order valence-corrected chi connectivity index (χ2v) is 5.81. The Balaban J connectivity index is 2.48. The molecule has 0 unspecified atom stereocenters. The summed E-state index contributed by atoms with van der Waals surface area (Å²) in [6.45, 7) is 11.6. The van der Waals surface area contributed by atoms with E-state index in [1.165, 1.54) is 0 Å². The Bertz CT molecular complexity index is 577. The average molecular weight is 275 g/mol. The molecule has 0 aliphatic heterocycles. The molecule has 0 aliphatic rings. The van der Waals surface area contributed by atoms with Crippen LogP contribution in [0.5, 0.6) is 0 Å². The first-order valence-electron chi connectivity index (χ1n) is 7.36. The minimum atomic E-state index is 0.305. The molecule has 0 radical (unpaired) electrons. The smallest absolute Gasteiger partial charge is 0.132 e. The summed E-state index contributed by atoms with van der Waals surface area (Å²) >= 11 is 0. The summed E-state index contributed by atoms with van der Waals surface area (Å²) in [4.78, 5) is 4.76. The van der Waals surface area contributed by atoms with Crippen LogP contribution >= 0.6 is 0 Å². The van der Waals surface area contributed by atoms with Gasteiger partial charge in [-0.2, -0.15) is 5.10 Å². The Hall–Kier alpha value is -1.78. The van der Waals surface area contributed by atoms with E-state index in [9.17, 15) is 0 Å². The van der Waals surface area contributed by atoms with Gasteiger partial charge in [-0.1, -0.05) is 20.8 Å². The van der Waals surface area contributed by atoms with Gasteiger partial charge in [0.05, 0.1) is 6.20 Å². The van der Waals surface area contributed by atoms with Crippen molar-refractivity contribution in [3.63, 3.8) is 0 Å². The molecule has 2 rings (SSSR count). The maximum atomic E-state index is 6.32. The van der Waals surface area contributed by atoms with E-state index in [1.54, 1.807) is 0 Å². The average Bonchev–Trinajstić information content (AvgIpc) is 2.93. The number of rotatable bonds is 5. The molecule has 0 aromatic carbocycles. The third-order valence-corrected chi connectivity index (χ3v) is 3.37. The number of imidazole rings is 1. The van der Waals surface area contributed by atoms with E-state index in [0.29, 0.717) is 12.0 Å². The Morgan fingerprint density at radius 3 is 2.45 bits per heavy atom. The summed E-state index contributed by atoms with van der Waals surface area (Å²) in [6.07, 6.45) is 4.94. The van der Waals surface area contributed by atoms with E-state index < -0.39 is 0 Å². The van der Waals surface area contributed by atoms with Crippen molar-refractivity contribution in [2.75, 3.05) is 5.73 Å². The van der Waals surface area contributed by atoms with E-state index in [2.05, 4.69) is 44.3 Å². The third kappa shape index (κ3) is 2.57. The largest absolute Gasteiger partial charge is 0.383 e. The van der Waals surface area contributed by atoms with Crippen LogP contribution in [0.4, 0.5) is 5.82 Å². The molecule has 0 aliphatic carbocycles. The Morgan fingerprint density at radius 2 is 1.95 bits per heavy atom. The second kappa shape index (κ2) is 5.69. The van der Waals surface area contributed by atoms with Crippen LogP contribution in [0, 0.1) is 0 Å². The topological polar surface area (TPSA) is 61.7 Å². The van der Waals surface area contributed by atoms with Crippen molar-refractivity contribution < 1.29 is 0 Å². The van der Waals surface area contributed by atoms with Crippen LogP contribution in [0.15, 0.2) is 12.4 Å². The molecule has 110 valence electrons. The van der Waals surface area contributed by atoms with Crippen LogP contribution in [0.1, 0.15) is 58.8 Å². The van der Waals surface area contributed by atoms with Crippen LogP contribution in [0.2, 0.25) is 0 Å². The summed E-state index contributed by atoms with van der Waals surface area (Å²) in [5.74, 6) is 2.12. The van der Waals surface area contributed by atoms with Crippen molar-refractivity contribution >= 4 is 5.82 Å². The van der Waals surface area contributed by atoms with Gasteiger partial charge in [0.15, 0.2) is 0 Å². The quantitative estimate of drug-likeness (QED) is 0.909. The molecular weight excluding hydrogens is 250 g/mol. The highest BCUT2D eigenvalue weighted by Gasteiger charge is 2.20. The minimum Gasteiger partial charge on any atom is -0.383 e. The molecule has 0 atom stereocenters. The molecule has 0 bridgehead atoms. The number of hydrogen-bond donors (Lipinski definition) is 1. The number of aromatic nitrogens is 4. The molecule has 0 saturated heterocycles. The predicted octanol–water partition coefficient (Wildman–Crippen LogP) is 3.44. The van der Waals surface area contributed by atoms with E-state index in [4.69, 9.17) is 10.7 Å². The fraction of sp³-hybridized carbons (Fsp3) is 0.600. The van der Waals surface area contributed by atoms with Crippen molar-refractivity contribution in [3.05, 3.63) is 18.2 Å².